The number of benzene rings is 1. The summed E-state index contributed by atoms with van der Waals surface area (Å²) in [6, 6.07) is 1.73. The van der Waals surface area contributed by atoms with Crippen molar-refractivity contribution >= 4 is 5.97 Å². The highest BCUT2D eigenvalue weighted by atomic mass is 19.4. The van der Waals surface area contributed by atoms with Crippen LogP contribution in [0.5, 0.6) is 0 Å². The molecule has 1 rings (SSSR count). The quantitative estimate of drug-likeness (QED) is 0.838. The molecule has 0 bridgehead atoms. The van der Waals surface area contributed by atoms with Crippen molar-refractivity contribution in [3.05, 3.63) is 34.9 Å². The molecule has 0 saturated heterocycles. The van der Waals surface area contributed by atoms with Crippen LogP contribution in [0.2, 0.25) is 0 Å². The molecule has 0 atom stereocenters. The first-order valence-corrected chi connectivity index (χ1v) is 4.51. The number of hydrogen-bond acceptors (Lipinski definition) is 1. The Hall–Kier alpha value is -1.73. The molecule has 0 aliphatic heterocycles. The van der Waals surface area contributed by atoms with Crippen molar-refractivity contribution in [2.75, 3.05) is 0 Å². The SMILES string of the molecule is O=C(O)Cc1cccc(C(F)(F)F)c1C(F)(F)F. The van der Waals surface area contributed by atoms with E-state index in [1.807, 2.05) is 0 Å². The van der Waals surface area contributed by atoms with Gasteiger partial charge in [0.1, 0.15) is 0 Å². The lowest BCUT2D eigenvalue weighted by atomic mass is 9.98. The first-order chi connectivity index (χ1) is 8.03. The average Bonchev–Trinajstić information content (AvgIpc) is 2.13. The van der Waals surface area contributed by atoms with Crippen LogP contribution in [0.4, 0.5) is 26.3 Å². The number of halogens is 6. The van der Waals surface area contributed by atoms with Crippen molar-refractivity contribution in [3.63, 3.8) is 0 Å². The molecule has 18 heavy (non-hydrogen) atoms. The summed E-state index contributed by atoms with van der Waals surface area (Å²) >= 11 is 0. The van der Waals surface area contributed by atoms with E-state index in [1.54, 1.807) is 0 Å². The molecule has 1 aromatic rings. The van der Waals surface area contributed by atoms with Gasteiger partial charge in [0.05, 0.1) is 17.5 Å². The lowest BCUT2D eigenvalue weighted by Crippen LogP contribution is -2.20. The van der Waals surface area contributed by atoms with Gasteiger partial charge in [0, 0.05) is 0 Å². The summed E-state index contributed by atoms with van der Waals surface area (Å²) in [4.78, 5) is 10.4. The van der Waals surface area contributed by atoms with Crippen LogP contribution in [-0.4, -0.2) is 11.1 Å². The Morgan fingerprint density at radius 3 is 2.00 bits per heavy atom. The fraction of sp³-hybridized carbons (Fsp3) is 0.300. The third kappa shape index (κ3) is 3.14. The summed E-state index contributed by atoms with van der Waals surface area (Å²) in [5.74, 6) is -1.64. The summed E-state index contributed by atoms with van der Waals surface area (Å²) in [6.45, 7) is 0. The Labute approximate surface area is 96.8 Å². The summed E-state index contributed by atoms with van der Waals surface area (Å²) in [6.07, 6.45) is -11.6. The molecule has 0 radical (unpaired) electrons. The summed E-state index contributed by atoms with van der Waals surface area (Å²) in [7, 11) is 0. The van der Waals surface area contributed by atoms with E-state index in [4.69, 9.17) is 5.11 Å². The highest BCUT2D eigenvalue weighted by molar-refractivity contribution is 5.71. The number of rotatable bonds is 2. The molecule has 1 N–H and O–H groups in total. The van der Waals surface area contributed by atoms with Crippen molar-refractivity contribution in [2.24, 2.45) is 0 Å². The van der Waals surface area contributed by atoms with Gasteiger partial charge in [-0.1, -0.05) is 12.1 Å². The smallest absolute Gasteiger partial charge is 0.417 e. The molecule has 0 fully saturated rings. The van der Waals surface area contributed by atoms with Crippen LogP contribution in [-0.2, 0) is 23.6 Å². The van der Waals surface area contributed by atoms with Crippen LogP contribution in [0.3, 0.4) is 0 Å². The van der Waals surface area contributed by atoms with Gasteiger partial charge in [-0.3, -0.25) is 4.79 Å². The van der Waals surface area contributed by atoms with Gasteiger partial charge in [0.25, 0.3) is 0 Å². The van der Waals surface area contributed by atoms with Gasteiger partial charge in [-0.25, -0.2) is 0 Å². The first kappa shape index (κ1) is 14.3. The van der Waals surface area contributed by atoms with Crippen LogP contribution < -0.4 is 0 Å². The Balaban J connectivity index is 3.50. The molecule has 0 aromatic heterocycles. The zero-order valence-corrected chi connectivity index (χ0v) is 8.56. The molecule has 0 amide bonds. The van der Waals surface area contributed by atoms with E-state index in [0.717, 1.165) is 6.07 Å². The Kier molecular flexibility index (Phi) is 3.59. The second kappa shape index (κ2) is 4.51. The second-order valence-electron chi connectivity index (χ2n) is 3.41. The molecule has 1 aromatic carbocycles. The molecule has 100 valence electrons. The van der Waals surface area contributed by atoms with Gasteiger partial charge in [-0.15, -0.1) is 0 Å². The van der Waals surface area contributed by atoms with Gasteiger partial charge < -0.3 is 5.11 Å². The monoisotopic (exact) mass is 272 g/mol. The van der Waals surface area contributed by atoms with E-state index < -0.39 is 41.4 Å². The Bertz CT molecular complexity index is 460. The van der Waals surface area contributed by atoms with Crippen LogP contribution >= 0.6 is 0 Å². The predicted molar refractivity (Wildman–Crippen MR) is 47.8 cm³/mol. The molecule has 8 heteroatoms. The van der Waals surface area contributed by atoms with Crippen LogP contribution in [0.1, 0.15) is 16.7 Å². The fourth-order valence-electron chi connectivity index (χ4n) is 1.48. The van der Waals surface area contributed by atoms with E-state index in [2.05, 4.69) is 0 Å². The third-order valence-electron chi connectivity index (χ3n) is 2.08. The maximum Gasteiger partial charge on any atom is 0.417 e. The highest BCUT2D eigenvalue weighted by Gasteiger charge is 2.44. The lowest BCUT2D eigenvalue weighted by molar-refractivity contribution is -0.162. The molecule has 0 aliphatic rings. The number of carboxylic acids is 1. The third-order valence-corrected chi connectivity index (χ3v) is 2.08. The predicted octanol–water partition coefficient (Wildman–Crippen LogP) is 3.35. The van der Waals surface area contributed by atoms with Gasteiger partial charge in [0.2, 0.25) is 0 Å². The number of aliphatic carboxylic acids is 1. The van der Waals surface area contributed by atoms with Crippen molar-refractivity contribution in [1.82, 2.24) is 0 Å². The van der Waals surface area contributed by atoms with Crippen LogP contribution in [0, 0.1) is 0 Å². The minimum Gasteiger partial charge on any atom is -0.481 e. The van der Waals surface area contributed by atoms with E-state index in [1.165, 1.54) is 0 Å². The maximum atomic E-state index is 12.6. The molecular weight excluding hydrogens is 266 g/mol. The first-order valence-electron chi connectivity index (χ1n) is 4.51. The zero-order chi connectivity index (χ0) is 14.1. The largest absolute Gasteiger partial charge is 0.481 e. The number of carbonyl (C=O) groups is 1. The Morgan fingerprint density at radius 2 is 1.61 bits per heavy atom. The fourth-order valence-corrected chi connectivity index (χ4v) is 1.48. The molecule has 2 nitrogen and oxygen atoms in total. The van der Waals surface area contributed by atoms with Gasteiger partial charge in [0.15, 0.2) is 0 Å². The van der Waals surface area contributed by atoms with Crippen molar-refractivity contribution in [2.45, 2.75) is 18.8 Å². The second-order valence-corrected chi connectivity index (χ2v) is 3.41. The standard InChI is InChI=1S/C10H6F6O2/c11-9(12,13)6-3-1-2-5(4-7(17)18)8(6)10(14,15)16/h1-3H,4H2,(H,17,18). The molecule has 0 unspecified atom stereocenters. The van der Waals surface area contributed by atoms with E-state index >= 15 is 0 Å². The summed E-state index contributed by atoms with van der Waals surface area (Å²) in [5, 5.41) is 8.40. The minimum atomic E-state index is -5.27. The van der Waals surface area contributed by atoms with E-state index in [-0.39, 0.29) is 6.07 Å². The number of hydrogen-bond donors (Lipinski definition) is 1. The number of carboxylic acid groups (broad SMARTS) is 1. The zero-order valence-electron chi connectivity index (χ0n) is 8.56. The van der Waals surface area contributed by atoms with E-state index in [9.17, 15) is 31.1 Å². The maximum absolute atomic E-state index is 12.6. The van der Waals surface area contributed by atoms with Crippen LogP contribution in [0.25, 0.3) is 0 Å². The summed E-state index contributed by atoms with van der Waals surface area (Å²) in [5.41, 5.74) is -4.74. The molecule has 0 heterocycles. The van der Waals surface area contributed by atoms with E-state index in [0.29, 0.717) is 6.07 Å². The highest BCUT2D eigenvalue weighted by Crippen LogP contribution is 2.42. The Morgan fingerprint density at radius 1 is 1.06 bits per heavy atom. The summed E-state index contributed by atoms with van der Waals surface area (Å²) < 4.78 is 75.1. The average molecular weight is 272 g/mol. The van der Waals surface area contributed by atoms with Crippen molar-refractivity contribution in [3.8, 4) is 0 Å². The normalized spacial score (nSPS) is 12.6. The number of alkyl halides is 6. The van der Waals surface area contributed by atoms with Crippen molar-refractivity contribution < 1.29 is 36.2 Å². The topological polar surface area (TPSA) is 37.3 Å². The van der Waals surface area contributed by atoms with Gasteiger partial charge in [-0.05, 0) is 11.6 Å². The molecule has 0 saturated carbocycles. The van der Waals surface area contributed by atoms with Gasteiger partial charge in [-0.2, -0.15) is 26.3 Å². The lowest BCUT2D eigenvalue weighted by Gasteiger charge is -2.18. The molecule has 0 spiro atoms. The minimum absolute atomic E-state index is 0.272. The molecule has 0 aliphatic carbocycles. The van der Waals surface area contributed by atoms with Crippen LogP contribution in [0.15, 0.2) is 18.2 Å². The molecular formula is C10H6F6O2. The van der Waals surface area contributed by atoms with Crippen molar-refractivity contribution in [1.29, 1.82) is 0 Å². The van der Waals surface area contributed by atoms with Gasteiger partial charge >= 0.3 is 18.3 Å².